The van der Waals surface area contributed by atoms with Gasteiger partial charge in [-0.3, -0.25) is 4.79 Å². The molecule has 2 rings (SSSR count). The number of benzene rings is 1. The third kappa shape index (κ3) is 4.12. The summed E-state index contributed by atoms with van der Waals surface area (Å²) in [5.74, 6) is 0.142. The van der Waals surface area contributed by atoms with Gasteiger partial charge in [0, 0.05) is 17.0 Å². The Morgan fingerprint density at radius 2 is 2.05 bits per heavy atom. The zero-order valence-electron chi connectivity index (χ0n) is 12.6. The number of hydrogen-bond acceptors (Lipinski definition) is 2. The van der Waals surface area contributed by atoms with Crippen LogP contribution in [0.15, 0.2) is 24.3 Å². The molecule has 0 aromatic heterocycles. The van der Waals surface area contributed by atoms with Crippen LogP contribution in [-0.2, 0) is 10.2 Å². The second kappa shape index (κ2) is 7.48. The van der Waals surface area contributed by atoms with Crippen molar-refractivity contribution in [1.82, 2.24) is 5.32 Å². The largest absolute Gasteiger partial charge is 0.354 e. The Morgan fingerprint density at radius 3 is 2.57 bits per heavy atom. The van der Waals surface area contributed by atoms with Crippen molar-refractivity contribution in [1.29, 1.82) is 0 Å². The van der Waals surface area contributed by atoms with Gasteiger partial charge in [0.15, 0.2) is 0 Å². The van der Waals surface area contributed by atoms with Crippen LogP contribution < -0.4 is 11.1 Å². The molecule has 1 saturated carbocycles. The number of carbonyl (C=O) groups is 1. The highest BCUT2D eigenvalue weighted by atomic mass is 35.5. The highest BCUT2D eigenvalue weighted by Crippen LogP contribution is 2.49. The minimum Gasteiger partial charge on any atom is -0.354 e. The second-order valence-electron chi connectivity index (χ2n) is 5.89. The van der Waals surface area contributed by atoms with Gasteiger partial charge in [-0.05, 0) is 30.4 Å². The normalized spacial score (nSPS) is 18.3. The lowest BCUT2D eigenvalue weighted by atomic mass is 9.95. The summed E-state index contributed by atoms with van der Waals surface area (Å²) in [5, 5.41) is 3.79. The van der Waals surface area contributed by atoms with Gasteiger partial charge in [0.25, 0.3) is 0 Å². The number of carbonyl (C=O) groups excluding carboxylic acids is 1. The molecule has 0 bridgehead atoms. The number of hydrogen-bond donors (Lipinski definition) is 2. The maximum Gasteiger partial charge on any atom is 0.237 e. The van der Waals surface area contributed by atoms with Gasteiger partial charge in [-0.25, -0.2) is 0 Å². The molecule has 1 aromatic rings. The van der Waals surface area contributed by atoms with Crippen LogP contribution in [0.3, 0.4) is 0 Å². The quantitative estimate of drug-likeness (QED) is 0.840. The predicted octanol–water partition coefficient (Wildman–Crippen LogP) is 3.28. The minimum absolute atomic E-state index is 0. The average molecular weight is 331 g/mol. The Morgan fingerprint density at radius 1 is 1.43 bits per heavy atom. The summed E-state index contributed by atoms with van der Waals surface area (Å²) in [6.45, 7) is 4.68. The van der Waals surface area contributed by atoms with Crippen LogP contribution in [-0.4, -0.2) is 18.5 Å². The van der Waals surface area contributed by atoms with Crippen molar-refractivity contribution in [3.05, 3.63) is 34.9 Å². The van der Waals surface area contributed by atoms with Gasteiger partial charge in [-0.2, -0.15) is 0 Å². The van der Waals surface area contributed by atoms with Gasteiger partial charge in [0.1, 0.15) is 0 Å². The predicted molar refractivity (Wildman–Crippen MR) is 90.1 cm³/mol. The highest BCUT2D eigenvalue weighted by molar-refractivity contribution is 6.31. The molecular formula is C16H24Cl2N2O. The van der Waals surface area contributed by atoms with Crippen molar-refractivity contribution in [2.45, 2.75) is 44.6 Å². The van der Waals surface area contributed by atoms with Crippen LogP contribution in [0.2, 0.25) is 5.02 Å². The van der Waals surface area contributed by atoms with Crippen molar-refractivity contribution in [3.63, 3.8) is 0 Å². The third-order valence-electron chi connectivity index (χ3n) is 4.46. The Balaban J connectivity index is 0.00000220. The van der Waals surface area contributed by atoms with Crippen LogP contribution >= 0.6 is 24.0 Å². The summed E-state index contributed by atoms with van der Waals surface area (Å²) in [5.41, 5.74) is 7.11. The summed E-state index contributed by atoms with van der Waals surface area (Å²) in [4.78, 5) is 12.1. The van der Waals surface area contributed by atoms with Crippen molar-refractivity contribution in [2.24, 2.45) is 11.7 Å². The maximum atomic E-state index is 12.1. The first-order valence-electron chi connectivity index (χ1n) is 7.28. The van der Waals surface area contributed by atoms with Crippen LogP contribution in [0, 0.1) is 5.92 Å². The lowest BCUT2D eigenvalue weighted by Crippen LogP contribution is -2.46. The van der Waals surface area contributed by atoms with Crippen molar-refractivity contribution in [2.75, 3.05) is 6.54 Å². The van der Waals surface area contributed by atoms with Crippen LogP contribution in [0.4, 0.5) is 0 Å². The van der Waals surface area contributed by atoms with Gasteiger partial charge in [-0.1, -0.05) is 50.1 Å². The lowest BCUT2D eigenvalue weighted by Gasteiger charge is -2.22. The zero-order valence-corrected chi connectivity index (χ0v) is 14.1. The molecule has 5 heteroatoms. The number of nitrogens with two attached hydrogens (primary N) is 1. The van der Waals surface area contributed by atoms with Gasteiger partial charge in [-0.15, -0.1) is 12.4 Å². The summed E-state index contributed by atoms with van der Waals surface area (Å²) < 4.78 is 0. The van der Waals surface area contributed by atoms with Gasteiger partial charge in [0.05, 0.1) is 6.04 Å². The molecular weight excluding hydrogens is 307 g/mol. The van der Waals surface area contributed by atoms with Crippen molar-refractivity contribution in [3.8, 4) is 0 Å². The fourth-order valence-corrected chi connectivity index (χ4v) is 2.81. The molecule has 2 unspecified atom stereocenters. The molecule has 0 radical (unpaired) electrons. The first-order valence-corrected chi connectivity index (χ1v) is 7.66. The van der Waals surface area contributed by atoms with E-state index in [2.05, 4.69) is 11.4 Å². The molecule has 0 spiro atoms. The number of rotatable bonds is 6. The van der Waals surface area contributed by atoms with E-state index >= 15 is 0 Å². The zero-order chi connectivity index (χ0) is 14.8. The topological polar surface area (TPSA) is 55.1 Å². The van der Waals surface area contributed by atoms with Crippen LogP contribution in [0.25, 0.3) is 0 Å². The van der Waals surface area contributed by atoms with Gasteiger partial charge in [0.2, 0.25) is 5.91 Å². The van der Waals surface area contributed by atoms with E-state index in [-0.39, 0.29) is 29.6 Å². The van der Waals surface area contributed by atoms with E-state index in [1.54, 1.807) is 0 Å². The minimum atomic E-state index is -0.429. The first kappa shape index (κ1) is 18.3. The molecule has 1 aromatic carbocycles. The van der Waals surface area contributed by atoms with E-state index in [9.17, 15) is 4.79 Å². The smallest absolute Gasteiger partial charge is 0.237 e. The molecule has 0 heterocycles. The molecule has 3 N–H and O–H groups in total. The molecule has 1 aliphatic carbocycles. The molecule has 0 aliphatic heterocycles. The molecule has 2 atom stereocenters. The Bertz CT molecular complexity index is 489. The van der Waals surface area contributed by atoms with E-state index < -0.39 is 6.04 Å². The first-order chi connectivity index (χ1) is 9.50. The fourth-order valence-electron chi connectivity index (χ4n) is 2.47. The Kier molecular flexibility index (Phi) is 6.51. The van der Waals surface area contributed by atoms with Gasteiger partial charge >= 0.3 is 0 Å². The third-order valence-corrected chi connectivity index (χ3v) is 4.79. The standard InChI is InChI=1S/C16H23ClN2O.ClH/c1-3-11(2)14(18)15(20)19-10-16(8-9-16)12-6-4-5-7-13(12)17;/h4-7,11,14H,3,8-10,18H2,1-2H3,(H,19,20);1H. The fraction of sp³-hybridized carbons (Fsp3) is 0.562. The summed E-state index contributed by atoms with van der Waals surface area (Å²) >= 11 is 6.26. The maximum absolute atomic E-state index is 12.1. The van der Waals surface area contributed by atoms with E-state index in [4.69, 9.17) is 17.3 Å². The van der Waals surface area contributed by atoms with Crippen molar-refractivity contribution >= 4 is 29.9 Å². The highest BCUT2D eigenvalue weighted by Gasteiger charge is 2.45. The van der Waals surface area contributed by atoms with E-state index in [1.807, 2.05) is 32.0 Å². The second-order valence-corrected chi connectivity index (χ2v) is 6.30. The molecule has 1 aliphatic rings. The van der Waals surface area contributed by atoms with E-state index in [1.165, 1.54) is 0 Å². The summed E-state index contributed by atoms with van der Waals surface area (Å²) in [6.07, 6.45) is 3.04. The molecule has 118 valence electrons. The van der Waals surface area contributed by atoms with E-state index in [0.29, 0.717) is 6.54 Å². The summed E-state index contributed by atoms with van der Waals surface area (Å²) in [7, 11) is 0. The molecule has 1 fully saturated rings. The van der Waals surface area contributed by atoms with Crippen LogP contribution in [0.1, 0.15) is 38.7 Å². The lowest BCUT2D eigenvalue weighted by molar-refractivity contribution is -0.123. The van der Waals surface area contributed by atoms with E-state index in [0.717, 1.165) is 29.8 Å². The number of halogens is 2. The molecule has 1 amide bonds. The molecule has 3 nitrogen and oxygen atoms in total. The number of amides is 1. The van der Waals surface area contributed by atoms with Gasteiger partial charge < -0.3 is 11.1 Å². The average Bonchev–Trinajstić information content (AvgIpc) is 3.24. The Hall–Kier alpha value is -0.770. The summed E-state index contributed by atoms with van der Waals surface area (Å²) in [6, 6.07) is 7.45. The van der Waals surface area contributed by atoms with Crippen molar-refractivity contribution < 1.29 is 4.79 Å². The number of nitrogens with one attached hydrogen (secondary N) is 1. The Labute approximate surface area is 138 Å². The monoisotopic (exact) mass is 330 g/mol. The molecule has 0 saturated heterocycles. The SMILES string of the molecule is CCC(C)C(N)C(=O)NCC1(c2ccccc2Cl)CC1.Cl. The molecule has 21 heavy (non-hydrogen) atoms. The van der Waals surface area contributed by atoms with Crippen LogP contribution in [0.5, 0.6) is 0 Å².